The van der Waals surface area contributed by atoms with Crippen LogP contribution in [0.5, 0.6) is 0 Å². The molecular weight excluding hydrogens is 307 g/mol. The van der Waals surface area contributed by atoms with Gasteiger partial charge in [-0.25, -0.2) is 4.39 Å². The summed E-state index contributed by atoms with van der Waals surface area (Å²) in [4.78, 5) is 17.0. The first kappa shape index (κ1) is 16.6. The maximum Gasteiger partial charge on any atom is 0.229 e. The van der Waals surface area contributed by atoms with Crippen molar-refractivity contribution in [3.8, 4) is 0 Å². The van der Waals surface area contributed by atoms with Crippen LogP contribution in [0.1, 0.15) is 30.7 Å². The third kappa shape index (κ3) is 3.62. The van der Waals surface area contributed by atoms with E-state index in [4.69, 9.17) is 5.73 Å². The molecule has 2 N–H and O–H groups in total. The van der Waals surface area contributed by atoms with Crippen LogP contribution in [0.15, 0.2) is 24.3 Å². The molecule has 0 aliphatic carbocycles. The first-order chi connectivity index (χ1) is 11.4. The van der Waals surface area contributed by atoms with Crippen molar-refractivity contribution in [1.82, 2.24) is 19.9 Å². The summed E-state index contributed by atoms with van der Waals surface area (Å²) in [7, 11) is 3.75. The lowest BCUT2D eigenvalue weighted by Gasteiger charge is -2.20. The Labute approximate surface area is 141 Å². The average Bonchev–Trinajstić information content (AvgIpc) is 2.88. The predicted molar refractivity (Wildman–Crippen MR) is 92.2 cm³/mol. The van der Waals surface area contributed by atoms with Crippen molar-refractivity contribution in [2.24, 2.45) is 0 Å². The van der Waals surface area contributed by atoms with Gasteiger partial charge in [0, 0.05) is 26.7 Å². The molecule has 0 bridgehead atoms. The van der Waals surface area contributed by atoms with Crippen LogP contribution in [0, 0.1) is 5.82 Å². The van der Waals surface area contributed by atoms with Gasteiger partial charge in [0.2, 0.25) is 11.9 Å². The molecule has 2 heterocycles. The average molecular weight is 330 g/mol. The molecule has 1 fully saturated rings. The monoisotopic (exact) mass is 330 g/mol. The molecule has 1 aliphatic heterocycles. The molecule has 0 spiro atoms. The number of nitrogens with two attached hydrogens (primary N) is 1. The van der Waals surface area contributed by atoms with E-state index in [1.807, 2.05) is 31.1 Å². The fourth-order valence-corrected chi connectivity index (χ4v) is 3.17. The number of likely N-dealkylation sites (tertiary alicyclic amines) is 1. The summed E-state index contributed by atoms with van der Waals surface area (Å²) in [5, 5.41) is 0. The summed E-state index contributed by atoms with van der Waals surface area (Å²) in [5.74, 6) is 1.69. The van der Waals surface area contributed by atoms with E-state index in [9.17, 15) is 4.39 Å². The zero-order valence-corrected chi connectivity index (χ0v) is 14.3. The van der Waals surface area contributed by atoms with E-state index in [1.54, 1.807) is 0 Å². The summed E-state index contributed by atoms with van der Waals surface area (Å²) < 4.78 is 13.1. The van der Waals surface area contributed by atoms with Crippen molar-refractivity contribution in [3.05, 3.63) is 41.5 Å². The summed E-state index contributed by atoms with van der Waals surface area (Å²) in [5.41, 5.74) is 6.97. The number of nitrogens with zero attached hydrogens (tertiary/aromatic N) is 5. The van der Waals surface area contributed by atoms with Crippen molar-refractivity contribution in [2.45, 2.75) is 31.8 Å². The highest BCUT2D eigenvalue weighted by atomic mass is 19.1. The molecule has 6 nitrogen and oxygen atoms in total. The second-order valence-corrected chi connectivity index (χ2v) is 6.57. The molecule has 2 atom stereocenters. The molecule has 0 unspecified atom stereocenters. The maximum atomic E-state index is 13.1. The molecular formula is C17H23FN6. The minimum absolute atomic E-state index is 0.196. The van der Waals surface area contributed by atoms with E-state index in [1.165, 1.54) is 17.7 Å². The number of halogens is 1. The molecule has 0 radical (unpaired) electrons. The Kier molecular flexibility index (Phi) is 4.62. The number of benzene rings is 1. The van der Waals surface area contributed by atoms with Crippen LogP contribution in [0.2, 0.25) is 0 Å². The van der Waals surface area contributed by atoms with Gasteiger partial charge in [-0.05, 0) is 37.0 Å². The predicted octanol–water partition coefficient (Wildman–Crippen LogP) is 2.04. The minimum atomic E-state index is -0.196. The van der Waals surface area contributed by atoms with Crippen LogP contribution < -0.4 is 10.6 Å². The molecule has 1 aromatic heterocycles. The van der Waals surface area contributed by atoms with Gasteiger partial charge in [-0.1, -0.05) is 12.1 Å². The summed E-state index contributed by atoms with van der Waals surface area (Å²) in [6.45, 7) is 3.73. The first-order valence-corrected chi connectivity index (χ1v) is 8.09. The van der Waals surface area contributed by atoms with Gasteiger partial charge in [-0.15, -0.1) is 0 Å². The molecule has 2 aromatic rings. The quantitative estimate of drug-likeness (QED) is 0.925. The van der Waals surface area contributed by atoms with E-state index in [-0.39, 0.29) is 11.8 Å². The van der Waals surface area contributed by atoms with Gasteiger partial charge in [0.1, 0.15) is 11.6 Å². The van der Waals surface area contributed by atoms with E-state index in [0.717, 1.165) is 13.0 Å². The van der Waals surface area contributed by atoms with Crippen molar-refractivity contribution >= 4 is 11.9 Å². The van der Waals surface area contributed by atoms with Crippen molar-refractivity contribution < 1.29 is 4.39 Å². The largest absolute Gasteiger partial charge is 0.368 e. The Morgan fingerprint density at radius 1 is 1.21 bits per heavy atom. The molecule has 7 heteroatoms. The fraction of sp³-hybridized carbons (Fsp3) is 0.471. The van der Waals surface area contributed by atoms with Crippen molar-refractivity contribution in [1.29, 1.82) is 0 Å². The van der Waals surface area contributed by atoms with Crippen LogP contribution >= 0.6 is 0 Å². The molecule has 128 valence electrons. The number of nitrogen functional groups attached to an aromatic ring is 1. The number of anilines is 2. The van der Waals surface area contributed by atoms with Gasteiger partial charge in [0.05, 0.1) is 6.54 Å². The molecule has 24 heavy (non-hydrogen) atoms. The van der Waals surface area contributed by atoms with Gasteiger partial charge < -0.3 is 10.6 Å². The topological polar surface area (TPSA) is 71.2 Å². The first-order valence-electron chi connectivity index (χ1n) is 8.09. The molecule has 1 saturated heterocycles. The molecule has 3 rings (SSSR count). The molecule has 1 aromatic carbocycles. The third-order valence-electron chi connectivity index (χ3n) is 4.48. The molecule has 1 aliphatic rings. The van der Waals surface area contributed by atoms with E-state index in [2.05, 4.69) is 26.8 Å². The number of hydrogen-bond donors (Lipinski definition) is 1. The lowest BCUT2D eigenvalue weighted by Crippen LogP contribution is -2.28. The highest BCUT2D eigenvalue weighted by Crippen LogP contribution is 2.32. The van der Waals surface area contributed by atoms with Crippen molar-refractivity contribution in [3.63, 3.8) is 0 Å². The summed E-state index contributed by atoms with van der Waals surface area (Å²) >= 11 is 0. The van der Waals surface area contributed by atoms with Crippen LogP contribution in [0.25, 0.3) is 0 Å². The van der Waals surface area contributed by atoms with Crippen LogP contribution in [0.3, 0.4) is 0 Å². The maximum absolute atomic E-state index is 13.1. The van der Waals surface area contributed by atoms with Crippen LogP contribution in [-0.4, -0.2) is 46.5 Å². The highest BCUT2D eigenvalue weighted by Gasteiger charge is 2.30. The third-order valence-corrected chi connectivity index (χ3v) is 4.48. The smallest absolute Gasteiger partial charge is 0.229 e. The Bertz CT molecular complexity index is 703. The second kappa shape index (κ2) is 6.68. The Balaban J connectivity index is 1.73. The van der Waals surface area contributed by atoms with Gasteiger partial charge >= 0.3 is 0 Å². The van der Waals surface area contributed by atoms with Gasteiger partial charge in [-0.3, -0.25) is 4.90 Å². The van der Waals surface area contributed by atoms with Gasteiger partial charge in [0.15, 0.2) is 0 Å². The van der Waals surface area contributed by atoms with Crippen molar-refractivity contribution in [2.75, 3.05) is 31.3 Å². The highest BCUT2D eigenvalue weighted by molar-refractivity contribution is 5.32. The van der Waals surface area contributed by atoms with Crippen LogP contribution in [-0.2, 0) is 6.54 Å². The summed E-state index contributed by atoms with van der Waals surface area (Å²) in [6.07, 6.45) is 1.03. The number of hydrogen-bond acceptors (Lipinski definition) is 6. The lowest BCUT2D eigenvalue weighted by molar-refractivity contribution is 0.252. The van der Waals surface area contributed by atoms with E-state index >= 15 is 0 Å². The summed E-state index contributed by atoms with van der Waals surface area (Å²) in [6, 6.07) is 7.21. The normalized spacial score (nSPS) is 21.2. The standard InChI is InChI=1S/C17H23FN6/c1-11-8-13(12-4-6-14(18)7-5-12)9-24(11)10-15-20-16(19)22-17(21-15)23(2)3/h4-7,11,13H,8-10H2,1-3H3,(H2,19,20,21,22)/t11-,13+/m1/s1. The van der Waals surface area contributed by atoms with Crippen LogP contribution in [0.4, 0.5) is 16.3 Å². The molecule has 0 amide bonds. The lowest BCUT2D eigenvalue weighted by atomic mass is 9.97. The minimum Gasteiger partial charge on any atom is -0.368 e. The fourth-order valence-electron chi connectivity index (χ4n) is 3.17. The zero-order valence-electron chi connectivity index (χ0n) is 14.3. The molecule has 0 saturated carbocycles. The SMILES string of the molecule is C[C@@H]1C[C@H](c2ccc(F)cc2)CN1Cc1nc(N)nc(N(C)C)n1. The number of aromatic nitrogens is 3. The van der Waals surface area contributed by atoms with Gasteiger partial charge in [-0.2, -0.15) is 15.0 Å². The van der Waals surface area contributed by atoms with Gasteiger partial charge in [0.25, 0.3) is 0 Å². The number of rotatable bonds is 4. The Morgan fingerprint density at radius 2 is 1.92 bits per heavy atom. The van der Waals surface area contributed by atoms with E-state index < -0.39 is 0 Å². The second-order valence-electron chi connectivity index (χ2n) is 6.57. The van der Waals surface area contributed by atoms with E-state index in [0.29, 0.717) is 30.3 Å². The Morgan fingerprint density at radius 3 is 2.58 bits per heavy atom. The zero-order chi connectivity index (χ0) is 17.3. The Hall–Kier alpha value is -2.28.